The Morgan fingerprint density at radius 2 is 0.540 bits per heavy atom. The smallest absolute Gasteiger partial charge is 0.345 e. The molecule has 0 saturated heterocycles. The third kappa shape index (κ3) is 31.9. The van der Waals surface area contributed by atoms with Crippen LogP contribution >= 0.6 is 50.1 Å². The lowest BCUT2D eigenvalue weighted by molar-refractivity contribution is 0.205. The van der Waals surface area contributed by atoms with Crippen molar-refractivity contribution in [1.29, 1.82) is 0 Å². The second-order valence-electron chi connectivity index (χ2n) is 31.2. The highest BCUT2D eigenvalue weighted by atomic mass is 127. The van der Waals surface area contributed by atoms with Gasteiger partial charge in [0.2, 0.25) is 0 Å². The normalized spacial score (nSPS) is 10.3. The van der Waals surface area contributed by atoms with Crippen molar-refractivity contribution in [1.82, 2.24) is 31.9 Å². The predicted molar refractivity (Wildman–Crippen MR) is 543 cm³/mol. The number of anilines is 6. The minimum atomic E-state index is -0.761. The van der Waals surface area contributed by atoms with Gasteiger partial charge in [0.05, 0.1) is 39.7 Å². The lowest BCUT2D eigenvalue weighted by Crippen LogP contribution is -2.36. The number of urea groups is 6. The van der Waals surface area contributed by atoms with E-state index in [0.29, 0.717) is 80.6 Å². The zero-order chi connectivity index (χ0) is 101. The van der Waals surface area contributed by atoms with Gasteiger partial charge in [-0.2, -0.15) is 30.4 Å². The molecule has 34 heteroatoms. The van der Waals surface area contributed by atoms with Gasteiger partial charge in [0.15, 0.2) is 0 Å². The number of nitrogens with zero attached hydrogens (tertiary/aromatic N) is 6. The summed E-state index contributed by atoms with van der Waals surface area (Å²) in [6.07, 6.45) is 0. The quantitative estimate of drug-likeness (QED) is 0.0152. The molecule has 0 atom stereocenters. The number of ether oxygens (including phenoxy) is 6. The van der Waals surface area contributed by atoms with Gasteiger partial charge in [-0.25, -0.2) is 33.2 Å². The van der Waals surface area contributed by atoms with Crippen LogP contribution in [0.1, 0.15) is 106 Å². The highest BCUT2D eigenvalue weighted by molar-refractivity contribution is 14.1. The van der Waals surface area contributed by atoms with E-state index in [0.717, 1.165) is 104 Å². The number of carbonyl (C=O) groups is 6. The Labute approximate surface area is 825 Å². The van der Waals surface area contributed by atoms with E-state index in [-0.39, 0.29) is 56.6 Å². The SMILES string of the molecule is CNC(=O)N(O)c1cccc(Br)c1COc1ccc(C)cc1C.CNC(=O)N(O)c1cccc(C)c1COc1ccc(C)cc1C.CNC(=O)N(O)c1cccc(Cl)c1COc1ccc(C)cc1C.CNC(=O)N(O)c1cccc(F)c1COc1ccc(C)cc1C.CNC(=O)N(O)c1cccc(I)c1COc1ccc(C)cc1C.CNC(=O)N(O)c1ccccc1COc1ccc(C)cc1C. The van der Waals surface area contributed by atoms with Crippen molar-refractivity contribution in [2.24, 2.45) is 0 Å². The van der Waals surface area contributed by atoms with Gasteiger partial charge in [0.25, 0.3) is 0 Å². The molecule has 0 heterocycles. The number of rotatable bonds is 24. The van der Waals surface area contributed by atoms with Crippen LogP contribution in [0, 0.1) is 99.4 Å². The number of nitrogens with one attached hydrogen (secondary N) is 6. The standard InChI is InChI=1S/C18H22N2O3.C17H19BrN2O3.C17H19ClN2O3.C17H19FN2O3.C17H19IN2O3.C17H20N2O3/c1-12-8-9-17(14(3)10-12)23-11-15-13(2)6-5-7-16(15)20(22)18(21)19-4;4*1-11-7-8-16(12(2)9-11)23-10-13-14(18)5-4-6-15(13)20(22)17(21)19-3;1-12-8-9-16(13(2)10-12)22-11-14-6-4-5-7-15(14)19(21)17(20)18-3/h5-10,22H,11H2,1-4H3,(H,19,21);4*4-9,22H,10H2,1-3H3,(H,19,21);4-10,21H,11H2,1-3H3,(H,18,20). The van der Waals surface area contributed by atoms with Crippen LogP contribution in [-0.4, -0.2) is 110 Å². The largest absolute Gasteiger partial charge is 0.489 e. The van der Waals surface area contributed by atoms with E-state index in [9.17, 15) is 64.4 Å². The van der Waals surface area contributed by atoms with Gasteiger partial charge in [0.1, 0.15) is 80.0 Å². The number of para-hydroxylation sites is 1. The summed E-state index contributed by atoms with van der Waals surface area (Å²) in [5.41, 5.74) is 19.4. The Bertz CT molecular complexity index is 5450. The Hall–Kier alpha value is -13.8. The predicted octanol–water partition coefficient (Wildman–Crippen LogP) is 23.0. The van der Waals surface area contributed by atoms with Crippen molar-refractivity contribution in [2.45, 2.75) is 130 Å². The Kier molecular flexibility index (Phi) is 43.5. The van der Waals surface area contributed by atoms with Crippen molar-refractivity contribution >= 4 is 120 Å². The van der Waals surface area contributed by atoms with Crippen LogP contribution in [0.3, 0.4) is 0 Å². The van der Waals surface area contributed by atoms with Crippen molar-refractivity contribution < 1.29 is 92.8 Å². The molecular weight excluding hydrogens is 1950 g/mol. The molecule has 0 aliphatic heterocycles. The first-order valence-electron chi connectivity index (χ1n) is 42.9. The maximum absolute atomic E-state index is 14.1. The fourth-order valence-electron chi connectivity index (χ4n) is 13.4. The summed E-state index contributed by atoms with van der Waals surface area (Å²) >= 11 is 11.8. The molecule has 12 aromatic rings. The van der Waals surface area contributed by atoms with Crippen LogP contribution < -0.4 is 90.7 Å². The molecule has 0 spiro atoms. The zero-order valence-electron chi connectivity index (χ0n) is 79.9. The van der Waals surface area contributed by atoms with Gasteiger partial charge >= 0.3 is 36.2 Å². The van der Waals surface area contributed by atoms with Crippen molar-refractivity contribution in [3.8, 4) is 34.5 Å². The maximum Gasteiger partial charge on any atom is 0.345 e. The van der Waals surface area contributed by atoms with Crippen molar-refractivity contribution in [2.75, 3.05) is 72.7 Å². The molecule has 12 aromatic carbocycles. The highest BCUT2D eigenvalue weighted by Gasteiger charge is 2.26. The highest BCUT2D eigenvalue weighted by Crippen LogP contribution is 2.36. The second kappa shape index (κ2) is 54.1. The Morgan fingerprint density at radius 1 is 0.292 bits per heavy atom. The monoisotopic (exact) mass is 2070 g/mol. The van der Waals surface area contributed by atoms with Gasteiger partial charge in [-0.1, -0.05) is 188 Å². The molecule has 12 N–H and O–H groups in total. The van der Waals surface area contributed by atoms with E-state index in [1.165, 1.54) is 77.2 Å². The molecule has 0 unspecified atom stereocenters. The lowest BCUT2D eigenvalue weighted by atomic mass is 10.1. The summed E-state index contributed by atoms with van der Waals surface area (Å²) in [4.78, 5) is 69.7. The average molecular weight is 2070 g/mol. The number of carbonyl (C=O) groups excluding carboxylic acids is 6. The topological polar surface area (TPSA) is 371 Å². The van der Waals surface area contributed by atoms with Gasteiger partial charge in [-0.05, 0) is 249 Å². The number of halogens is 4. The Morgan fingerprint density at radius 3 is 0.891 bits per heavy atom. The van der Waals surface area contributed by atoms with Crippen molar-refractivity contribution in [3.05, 3.63) is 349 Å². The first kappa shape index (κ1) is 110. The number of hydrogen-bond acceptors (Lipinski definition) is 18. The van der Waals surface area contributed by atoms with E-state index in [1.807, 2.05) is 211 Å². The minimum absolute atomic E-state index is 0.0362. The fourth-order valence-corrected chi connectivity index (χ4v) is 14.8. The van der Waals surface area contributed by atoms with Crippen LogP contribution in [0.15, 0.2) is 229 Å². The molecule has 0 radical (unpaired) electrons. The van der Waals surface area contributed by atoms with Gasteiger partial charge in [-0.3, -0.25) is 31.2 Å². The van der Waals surface area contributed by atoms with Crippen LogP contribution in [-0.2, 0) is 39.6 Å². The third-order valence-electron chi connectivity index (χ3n) is 20.8. The van der Waals surface area contributed by atoms with E-state index in [2.05, 4.69) is 82.6 Å². The molecule has 12 rings (SSSR count). The molecule has 12 amide bonds. The molecule has 726 valence electrons. The lowest BCUT2D eigenvalue weighted by Gasteiger charge is -2.20. The van der Waals surface area contributed by atoms with Gasteiger partial charge in [-0.15, -0.1) is 0 Å². The number of aryl methyl sites for hydroxylation is 13. The molecule has 137 heavy (non-hydrogen) atoms. The summed E-state index contributed by atoms with van der Waals surface area (Å²) in [6, 6.07) is 63.6. The summed E-state index contributed by atoms with van der Waals surface area (Å²) < 4.78 is 50.7. The van der Waals surface area contributed by atoms with Gasteiger partial charge < -0.3 is 60.3 Å². The molecular formula is C103H118BrClFIN12O18. The van der Waals surface area contributed by atoms with E-state index in [4.69, 9.17) is 40.0 Å². The van der Waals surface area contributed by atoms with E-state index < -0.39 is 42.0 Å². The van der Waals surface area contributed by atoms with E-state index >= 15 is 0 Å². The fraction of sp³-hybridized carbons (Fsp3) is 0.243. The summed E-state index contributed by atoms with van der Waals surface area (Å²) in [7, 11) is 8.65. The number of benzene rings is 12. The first-order valence-corrected chi connectivity index (χ1v) is 45.2. The molecule has 0 aliphatic rings. The molecule has 0 aromatic heterocycles. The molecule has 0 aliphatic carbocycles. The van der Waals surface area contributed by atoms with Crippen LogP contribution in [0.25, 0.3) is 0 Å². The summed E-state index contributed by atoms with van der Waals surface area (Å²) in [5, 5.41) is 77.7. The molecule has 0 bridgehead atoms. The minimum Gasteiger partial charge on any atom is -0.489 e. The maximum atomic E-state index is 14.1. The summed E-state index contributed by atoms with van der Waals surface area (Å²) in [5.74, 6) is 3.90. The second-order valence-corrected chi connectivity index (χ2v) is 33.6. The van der Waals surface area contributed by atoms with Crippen LogP contribution in [0.4, 0.5) is 67.3 Å². The van der Waals surface area contributed by atoms with E-state index in [1.54, 1.807) is 72.8 Å². The molecule has 0 fully saturated rings. The molecule has 0 saturated carbocycles. The van der Waals surface area contributed by atoms with Gasteiger partial charge in [0, 0.05) is 83.2 Å². The van der Waals surface area contributed by atoms with Crippen LogP contribution in [0.2, 0.25) is 5.02 Å². The average Bonchev–Trinajstić information content (AvgIpc) is 0.802. The summed E-state index contributed by atoms with van der Waals surface area (Å²) in [6.45, 7) is 26.8. The van der Waals surface area contributed by atoms with Crippen molar-refractivity contribution in [3.63, 3.8) is 0 Å². The number of hydroxylamine groups is 6. The Balaban J connectivity index is 0.000000224. The zero-order valence-corrected chi connectivity index (χ0v) is 84.4. The van der Waals surface area contributed by atoms with Crippen LogP contribution in [0.5, 0.6) is 34.5 Å². The molecule has 30 nitrogen and oxygen atoms in total. The first-order chi connectivity index (χ1) is 65.2. The third-order valence-corrected chi connectivity index (χ3v) is 22.9. The number of hydrogen-bond donors (Lipinski definition) is 12. The number of amides is 12.